The van der Waals surface area contributed by atoms with Gasteiger partial charge < -0.3 is 5.32 Å². The van der Waals surface area contributed by atoms with Crippen molar-refractivity contribution in [3.8, 4) is 0 Å². The first kappa shape index (κ1) is 9.57. The molecule has 1 aromatic rings. The van der Waals surface area contributed by atoms with Gasteiger partial charge in [0.2, 0.25) is 0 Å². The molecule has 0 spiro atoms. The fourth-order valence-corrected chi connectivity index (χ4v) is 2.09. The third-order valence-corrected chi connectivity index (χ3v) is 2.96. The van der Waals surface area contributed by atoms with Gasteiger partial charge in [-0.2, -0.15) is 0 Å². The summed E-state index contributed by atoms with van der Waals surface area (Å²) in [4.78, 5) is 0. The predicted octanol–water partition coefficient (Wildman–Crippen LogP) is 3.39. The van der Waals surface area contributed by atoms with Gasteiger partial charge in [0.05, 0.1) is 0 Å². The van der Waals surface area contributed by atoms with Gasteiger partial charge in [0.15, 0.2) is 0 Å². The number of nitrogens with one attached hydrogen (secondary N) is 1. The Balaban J connectivity index is 1.98. The van der Waals surface area contributed by atoms with E-state index in [0.717, 1.165) is 6.54 Å². The van der Waals surface area contributed by atoms with Crippen molar-refractivity contribution in [2.45, 2.75) is 39.0 Å². The zero-order valence-corrected chi connectivity index (χ0v) is 8.97. The molecule has 1 aromatic carbocycles. The third kappa shape index (κ3) is 2.09. The number of rotatable bonds is 4. The molecule has 0 bridgehead atoms. The second kappa shape index (κ2) is 4.50. The highest BCUT2D eigenvalue weighted by Crippen LogP contribution is 2.24. The minimum absolute atomic E-state index is 1.11. The highest BCUT2D eigenvalue weighted by atomic mass is 14.9. The van der Waals surface area contributed by atoms with E-state index in [0.29, 0.717) is 0 Å². The van der Waals surface area contributed by atoms with Crippen molar-refractivity contribution in [2.75, 3.05) is 11.9 Å². The van der Waals surface area contributed by atoms with Gasteiger partial charge in [0.25, 0.3) is 0 Å². The summed E-state index contributed by atoms with van der Waals surface area (Å²) in [5, 5.41) is 3.48. The molecule has 0 atom stereocenters. The molecule has 0 amide bonds. The van der Waals surface area contributed by atoms with Crippen molar-refractivity contribution in [3.05, 3.63) is 29.3 Å². The Morgan fingerprint density at radius 3 is 2.93 bits per heavy atom. The van der Waals surface area contributed by atoms with Crippen molar-refractivity contribution in [1.29, 1.82) is 0 Å². The summed E-state index contributed by atoms with van der Waals surface area (Å²) >= 11 is 0. The molecule has 1 nitrogen and oxygen atoms in total. The molecule has 0 aliphatic heterocycles. The normalized spacial score (nSPS) is 14.1. The molecule has 76 valence electrons. The van der Waals surface area contributed by atoms with Gasteiger partial charge >= 0.3 is 0 Å². The zero-order chi connectivity index (χ0) is 9.80. The van der Waals surface area contributed by atoms with Crippen LogP contribution in [0.4, 0.5) is 5.69 Å². The summed E-state index contributed by atoms with van der Waals surface area (Å²) in [6, 6.07) is 6.84. The highest BCUT2D eigenvalue weighted by molar-refractivity contribution is 5.50. The van der Waals surface area contributed by atoms with E-state index in [9.17, 15) is 0 Å². The van der Waals surface area contributed by atoms with Crippen molar-refractivity contribution in [3.63, 3.8) is 0 Å². The molecule has 0 heterocycles. The van der Waals surface area contributed by atoms with E-state index in [2.05, 4.69) is 30.4 Å². The molecule has 1 N–H and O–H groups in total. The van der Waals surface area contributed by atoms with Crippen LogP contribution < -0.4 is 5.32 Å². The first-order valence-electron chi connectivity index (χ1n) is 5.76. The van der Waals surface area contributed by atoms with Gasteiger partial charge in [-0.05, 0) is 48.9 Å². The van der Waals surface area contributed by atoms with Gasteiger partial charge in [0.1, 0.15) is 0 Å². The van der Waals surface area contributed by atoms with Crippen LogP contribution in [0.5, 0.6) is 0 Å². The topological polar surface area (TPSA) is 12.0 Å². The Labute approximate surface area is 86.5 Å². The highest BCUT2D eigenvalue weighted by Gasteiger charge is 2.10. The van der Waals surface area contributed by atoms with Crippen LogP contribution in [0.25, 0.3) is 0 Å². The summed E-state index contributed by atoms with van der Waals surface area (Å²) in [5.41, 5.74) is 4.43. The molecule has 14 heavy (non-hydrogen) atoms. The monoisotopic (exact) mass is 189 g/mol. The summed E-state index contributed by atoms with van der Waals surface area (Å²) in [7, 11) is 0. The summed E-state index contributed by atoms with van der Waals surface area (Å²) in [6.07, 6.45) is 6.42. The average molecular weight is 189 g/mol. The van der Waals surface area contributed by atoms with E-state index in [1.807, 2.05) is 0 Å². The molecule has 1 heteroatoms. The second-order valence-electron chi connectivity index (χ2n) is 4.12. The van der Waals surface area contributed by atoms with Crippen LogP contribution in [-0.4, -0.2) is 6.54 Å². The third-order valence-electron chi connectivity index (χ3n) is 2.96. The SMILES string of the molecule is CCCCNc1ccc2c(c1)CCC2. The first-order chi connectivity index (χ1) is 6.90. The molecule has 1 aliphatic rings. The van der Waals surface area contributed by atoms with Crippen LogP contribution in [0.15, 0.2) is 18.2 Å². The largest absolute Gasteiger partial charge is 0.385 e. The molecule has 1 aliphatic carbocycles. The zero-order valence-electron chi connectivity index (χ0n) is 8.97. The summed E-state index contributed by atoms with van der Waals surface area (Å²) in [5.74, 6) is 0. The minimum atomic E-state index is 1.11. The van der Waals surface area contributed by atoms with Crippen molar-refractivity contribution in [2.24, 2.45) is 0 Å². The van der Waals surface area contributed by atoms with Crippen LogP contribution in [0.1, 0.15) is 37.3 Å². The molecular formula is C13H19N. The lowest BCUT2D eigenvalue weighted by Gasteiger charge is -2.07. The fourth-order valence-electron chi connectivity index (χ4n) is 2.09. The maximum absolute atomic E-state index is 3.48. The maximum atomic E-state index is 3.48. The lowest BCUT2D eigenvalue weighted by Crippen LogP contribution is -2.01. The van der Waals surface area contributed by atoms with E-state index in [1.165, 1.54) is 37.8 Å². The van der Waals surface area contributed by atoms with Crippen molar-refractivity contribution < 1.29 is 0 Å². The number of aryl methyl sites for hydroxylation is 2. The molecule has 2 rings (SSSR count). The number of hydrogen-bond donors (Lipinski definition) is 1. The van der Waals surface area contributed by atoms with Crippen molar-refractivity contribution in [1.82, 2.24) is 0 Å². The lowest BCUT2D eigenvalue weighted by molar-refractivity contribution is 0.834. The molecular weight excluding hydrogens is 170 g/mol. The number of hydrogen-bond acceptors (Lipinski definition) is 1. The van der Waals surface area contributed by atoms with Crippen LogP contribution >= 0.6 is 0 Å². The Bertz CT molecular complexity index is 304. The molecule has 0 fully saturated rings. The molecule has 0 radical (unpaired) electrons. The smallest absolute Gasteiger partial charge is 0.0343 e. The van der Waals surface area contributed by atoms with E-state index < -0.39 is 0 Å². The first-order valence-corrected chi connectivity index (χ1v) is 5.76. The van der Waals surface area contributed by atoms with E-state index >= 15 is 0 Å². The predicted molar refractivity (Wildman–Crippen MR) is 61.9 cm³/mol. The van der Waals surface area contributed by atoms with Crippen LogP contribution in [-0.2, 0) is 12.8 Å². The Morgan fingerprint density at radius 2 is 2.07 bits per heavy atom. The fraction of sp³-hybridized carbons (Fsp3) is 0.538. The number of fused-ring (bicyclic) bond motifs is 1. The van der Waals surface area contributed by atoms with Crippen LogP contribution in [0, 0.1) is 0 Å². The standard InChI is InChI=1S/C13H19N/c1-2-3-9-14-13-8-7-11-5-4-6-12(11)10-13/h7-8,10,14H,2-6,9H2,1H3. The van der Waals surface area contributed by atoms with Crippen molar-refractivity contribution >= 4 is 5.69 Å². The second-order valence-corrected chi connectivity index (χ2v) is 4.12. The van der Waals surface area contributed by atoms with Gasteiger partial charge in [-0.3, -0.25) is 0 Å². The van der Waals surface area contributed by atoms with E-state index in [-0.39, 0.29) is 0 Å². The van der Waals surface area contributed by atoms with E-state index in [4.69, 9.17) is 0 Å². The number of benzene rings is 1. The summed E-state index contributed by atoms with van der Waals surface area (Å²) < 4.78 is 0. The Hall–Kier alpha value is -0.980. The Morgan fingerprint density at radius 1 is 1.21 bits per heavy atom. The molecule has 0 aromatic heterocycles. The maximum Gasteiger partial charge on any atom is 0.0343 e. The van der Waals surface area contributed by atoms with Gasteiger partial charge in [0, 0.05) is 12.2 Å². The molecule has 0 saturated carbocycles. The number of anilines is 1. The summed E-state index contributed by atoms with van der Waals surface area (Å²) in [6.45, 7) is 3.33. The lowest BCUT2D eigenvalue weighted by atomic mass is 10.1. The molecule has 0 saturated heterocycles. The van der Waals surface area contributed by atoms with Gasteiger partial charge in [-0.15, -0.1) is 0 Å². The van der Waals surface area contributed by atoms with E-state index in [1.54, 1.807) is 11.1 Å². The van der Waals surface area contributed by atoms with Crippen LogP contribution in [0.3, 0.4) is 0 Å². The Kier molecular flexibility index (Phi) is 3.07. The minimum Gasteiger partial charge on any atom is -0.385 e. The van der Waals surface area contributed by atoms with Gasteiger partial charge in [-0.25, -0.2) is 0 Å². The van der Waals surface area contributed by atoms with Crippen LogP contribution in [0.2, 0.25) is 0 Å². The quantitative estimate of drug-likeness (QED) is 0.716. The van der Waals surface area contributed by atoms with Gasteiger partial charge in [-0.1, -0.05) is 19.4 Å². The average Bonchev–Trinajstić information content (AvgIpc) is 2.65. The number of unbranched alkanes of at least 4 members (excludes halogenated alkanes) is 1. The molecule has 0 unspecified atom stereocenters.